The van der Waals surface area contributed by atoms with E-state index in [4.69, 9.17) is 0 Å². The molecule has 0 heterocycles. The minimum Gasteiger partial charge on any atom is -0.389 e. The summed E-state index contributed by atoms with van der Waals surface area (Å²) >= 11 is 0. The molecule has 2 heteroatoms. The van der Waals surface area contributed by atoms with E-state index in [1.807, 2.05) is 30.3 Å². The lowest BCUT2D eigenvalue weighted by Gasteiger charge is -2.15. The quantitative estimate of drug-likeness (QED) is 0.611. The van der Waals surface area contributed by atoms with Crippen molar-refractivity contribution in [2.24, 2.45) is 0 Å². The smallest absolute Gasteiger partial charge is 0.120 e. The molecular weight excluding hydrogens is 272 g/mol. The Kier molecular flexibility index (Phi) is 7.38. The van der Waals surface area contributed by atoms with E-state index in [-0.39, 0.29) is 0 Å². The van der Waals surface area contributed by atoms with Crippen molar-refractivity contribution in [1.29, 1.82) is 0 Å². The summed E-state index contributed by atoms with van der Waals surface area (Å²) in [6.45, 7) is 7.29. The number of hydrogen-bond donors (Lipinski definition) is 2. The first-order valence-corrected chi connectivity index (χ1v) is 8.07. The number of aliphatic hydroxyl groups is 2. The zero-order chi connectivity index (χ0) is 16.6. The van der Waals surface area contributed by atoms with E-state index in [0.29, 0.717) is 0 Å². The Hall–Kier alpha value is -1.56. The van der Waals surface area contributed by atoms with Gasteiger partial charge in [0.1, 0.15) is 5.60 Å². The second-order valence-corrected chi connectivity index (χ2v) is 6.21. The molecule has 1 atom stereocenters. The monoisotopic (exact) mass is 300 g/mol. The molecule has 2 N–H and O–H groups in total. The minimum absolute atomic E-state index is 0.539. The van der Waals surface area contributed by atoms with Gasteiger partial charge in [-0.3, -0.25) is 0 Å². The molecule has 22 heavy (non-hydrogen) atoms. The van der Waals surface area contributed by atoms with Crippen LogP contribution in [0.25, 0.3) is 5.57 Å². The van der Waals surface area contributed by atoms with Crippen molar-refractivity contribution in [3.63, 3.8) is 0 Å². The Morgan fingerprint density at radius 2 is 1.82 bits per heavy atom. The summed E-state index contributed by atoms with van der Waals surface area (Å²) in [4.78, 5) is 0. The van der Waals surface area contributed by atoms with E-state index >= 15 is 0 Å². The highest BCUT2D eigenvalue weighted by Crippen LogP contribution is 2.25. The number of unbranched alkanes of at least 4 members (excludes halogenated alkanes) is 2. The molecule has 0 amide bonds. The van der Waals surface area contributed by atoms with Crippen LogP contribution in [0.4, 0.5) is 0 Å². The molecule has 0 saturated carbocycles. The van der Waals surface area contributed by atoms with Crippen LogP contribution < -0.4 is 0 Å². The number of benzene rings is 1. The van der Waals surface area contributed by atoms with Crippen molar-refractivity contribution in [2.45, 2.75) is 65.1 Å². The number of hydrogen-bond acceptors (Lipinski definition) is 2. The van der Waals surface area contributed by atoms with E-state index in [2.05, 4.69) is 18.8 Å². The van der Waals surface area contributed by atoms with Crippen LogP contribution in [0, 0.1) is 11.8 Å². The molecule has 2 nitrogen and oxygen atoms in total. The summed E-state index contributed by atoms with van der Waals surface area (Å²) < 4.78 is 0. The Bertz CT molecular complexity index is 537. The fourth-order valence-electron chi connectivity index (χ4n) is 2.27. The molecule has 0 fully saturated rings. The van der Waals surface area contributed by atoms with E-state index < -0.39 is 11.7 Å². The third-order valence-electron chi connectivity index (χ3n) is 3.43. The highest BCUT2D eigenvalue weighted by Gasteiger charge is 2.14. The number of aliphatic hydroxyl groups excluding tert-OH is 1. The topological polar surface area (TPSA) is 40.5 Å². The first kappa shape index (κ1) is 18.5. The fraction of sp³-hybridized carbons (Fsp3) is 0.500. The summed E-state index contributed by atoms with van der Waals surface area (Å²) in [5, 5.41) is 20.1. The predicted molar refractivity (Wildman–Crippen MR) is 93.3 cm³/mol. The zero-order valence-corrected chi connectivity index (χ0v) is 14.2. The Labute approximate surface area is 134 Å². The van der Waals surface area contributed by atoms with Crippen LogP contribution >= 0.6 is 0 Å². The lowest BCUT2D eigenvalue weighted by Crippen LogP contribution is -2.15. The molecule has 0 aliphatic carbocycles. The predicted octanol–water partition coefficient (Wildman–Crippen LogP) is 4.18. The van der Waals surface area contributed by atoms with Crippen LogP contribution in [-0.2, 0) is 0 Å². The first-order chi connectivity index (χ1) is 10.3. The van der Waals surface area contributed by atoms with Crippen molar-refractivity contribution >= 4 is 5.57 Å². The van der Waals surface area contributed by atoms with Crippen LogP contribution in [0.15, 0.2) is 35.9 Å². The first-order valence-electron chi connectivity index (χ1n) is 8.07. The lowest BCUT2D eigenvalue weighted by molar-refractivity contribution is 0.143. The van der Waals surface area contributed by atoms with Gasteiger partial charge in [0.2, 0.25) is 0 Å². The van der Waals surface area contributed by atoms with Gasteiger partial charge in [-0.1, -0.05) is 61.9 Å². The van der Waals surface area contributed by atoms with Gasteiger partial charge >= 0.3 is 0 Å². The summed E-state index contributed by atoms with van der Waals surface area (Å²) in [6.07, 6.45) is 3.61. The molecule has 0 radical (unpaired) electrons. The molecule has 1 aromatic rings. The average Bonchev–Trinajstić information content (AvgIpc) is 2.45. The van der Waals surface area contributed by atoms with Crippen LogP contribution in [0.5, 0.6) is 0 Å². The average molecular weight is 300 g/mol. The standard InChI is InChI=1S/C20H28O2/c1-5-6-8-13-18(16(2)21)19(14-15-20(3,4)22)17-11-9-7-10-12-17/h7,9-12,16,21-22H,5-6,8,13H2,1-4H3/b19-18+. The van der Waals surface area contributed by atoms with Crippen molar-refractivity contribution in [3.8, 4) is 11.8 Å². The van der Waals surface area contributed by atoms with E-state index in [0.717, 1.165) is 42.4 Å². The third-order valence-corrected chi connectivity index (χ3v) is 3.43. The normalized spacial score (nSPS) is 13.9. The number of rotatable bonds is 6. The van der Waals surface area contributed by atoms with Gasteiger partial charge in [0.15, 0.2) is 0 Å². The Morgan fingerprint density at radius 3 is 2.32 bits per heavy atom. The summed E-state index contributed by atoms with van der Waals surface area (Å²) in [5.41, 5.74) is 1.74. The van der Waals surface area contributed by atoms with Gasteiger partial charge < -0.3 is 10.2 Å². The highest BCUT2D eigenvalue weighted by atomic mass is 16.3. The molecule has 0 bridgehead atoms. The van der Waals surface area contributed by atoms with Crippen molar-refractivity contribution in [3.05, 3.63) is 41.5 Å². The Balaban J connectivity index is 3.30. The molecule has 1 rings (SSSR count). The molecule has 0 saturated heterocycles. The maximum Gasteiger partial charge on any atom is 0.120 e. The molecule has 0 aliphatic rings. The zero-order valence-electron chi connectivity index (χ0n) is 14.2. The van der Waals surface area contributed by atoms with Crippen LogP contribution in [0.2, 0.25) is 0 Å². The minimum atomic E-state index is -1.05. The fourth-order valence-corrected chi connectivity index (χ4v) is 2.27. The van der Waals surface area contributed by atoms with Crippen LogP contribution in [0.1, 0.15) is 58.9 Å². The molecule has 0 aliphatic heterocycles. The van der Waals surface area contributed by atoms with Gasteiger partial charge in [0.05, 0.1) is 6.10 Å². The van der Waals surface area contributed by atoms with Crippen LogP contribution in [0.3, 0.4) is 0 Å². The molecular formula is C20H28O2. The molecule has 1 unspecified atom stereocenters. The van der Waals surface area contributed by atoms with E-state index in [1.54, 1.807) is 20.8 Å². The summed E-state index contributed by atoms with van der Waals surface area (Å²) in [6, 6.07) is 9.89. The Morgan fingerprint density at radius 1 is 1.18 bits per heavy atom. The third kappa shape index (κ3) is 6.47. The van der Waals surface area contributed by atoms with Crippen LogP contribution in [-0.4, -0.2) is 21.9 Å². The summed E-state index contributed by atoms with van der Waals surface area (Å²) in [5.74, 6) is 5.99. The molecule has 1 aromatic carbocycles. The van der Waals surface area contributed by atoms with Gasteiger partial charge in [-0.15, -0.1) is 0 Å². The second-order valence-electron chi connectivity index (χ2n) is 6.21. The second kappa shape index (κ2) is 8.78. The SMILES string of the molecule is CCCCC/C(=C(/C#CC(C)(C)O)c1ccccc1)C(C)O. The maximum atomic E-state index is 10.2. The van der Waals surface area contributed by atoms with Crippen molar-refractivity contribution in [1.82, 2.24) is 0 Å². The molecule has 120 valence electrons. The van der Waals surface area contributed by atoms with Crippen molar-refractivity contribution in [2.75, 3.05) is 0 Å². The van der Waals surface area contributed by atoms with Gasteiger partial charge in [-0.05, 0) is 44.7 Å². The maximum absolute atomic E-state index is 10.2. The molecule has 0 spiro atoms. The molecule has 0 aromatic heterocycles. The van der Waals surface area contributed by atoms with Gasteiger partial charge in [-0.25, -0.2) is 0 Å². The van der Waals surface area contributed by atoms with E-state index in [1.165, 1.54) is 0 Å². The summed E-state index contributed by atoms with van der Waals surface area (Å²) in [7, 11) is 0. The lowest BCUT2D eigenvalue weighted by atomic mass is 9.92. The van der Waals surface area contributed by atoms with E-state index in [9.17, 15) is 10.2 Å². The largest absolute Gasteiger partial charge is 0.389 e. The number of allylic oxidation sites excluding steroid dienone is 1. The van der Waals surface area contributed by atoms with Gasteiger partial charge in [-0.2, -0.15) is 0 Å². The van der Waals surface area contributed by atoms with Gasteiger partial charge in [0, 0.05) is 5.57 Å². The van der Waals surface area contributed by atoms with Crippen molar-refractivity contribution < 1.29 is 10.2 Å². The highest BCUT2D eigenvalue weighted by molar-refractivity contribution is 5.82. The van der Waals surface area contributed by atoms with Gasteiger partial charge in [0.25, 0.3) is 0 Å².